The normalized spacial score (nSPS) is 16.9. The predicted molar refractivity (Wildman–Crippen MR) is 138 cm³/mol. The summed E-state index contributed by atoms with van der Waals surface area (Å²) in [5.74, 6) is 1.09. The first kappa shape index (κ1) is 23.8. The monoisotopic (exact) mass is 458 g/mol. The molecule has 2 N–H and O–H groups in total. The number of aliphatic hydroxyl groups is 1. The number of hydrogen-bond acceptors (Lipinski definition) is 4. The van der Waals surface area contributed by atoms with E-state index in [0.29, 0.717) is 31.6 Å². The fraction of sp³-hybridized carbons (Fsp3) is 0.379. The van der Waals surface area contributed by atoms with E-state index in [1.165, 1.54) is 5.56 Å². The molecular formula is C29H34N2O3. The molecule has 0 amide bonds. The number of nitrogens with zero attached hydrogens (tertiary/aromatic N) is 1. The standard InChI is InChI=1S/C29H34N2O3/c1-3-4-12-27(32)29-26(11-8-13-28(29)33)30-17-16-23-20(2)31-25-15-14-22(18-24(23)25)34-19-21-9-6-5-7-10-21/h5-7,9-10,14-15,18,31-32H,3-4,8,11-13,16-17,19H2,1-2H3/b29-27+,30-26?. The Kier molecular flexibility index (Phi) is 7.84. The van der Waals surface area contributed by atoms with Crippen molar-refractivity contribution in [3.05, 3.63) is 76.7 Å². The lowest BCUT2D eigenvalue weighted by atomic mass is 9.89. The zero-order valence-corrected chi connectivity index (χ0v) is 20.2. The summed E-state index contributed by atoms with van der Waals surface area (Å²) in [5, 5.41) is 11.7. The highest BCUT2D eigenvalue weighted by atomic mass is 16.5. The molecule has 1 aliphatic carbocycles. The molecule has 1 aromatic heterocycles. The molecule has 1 fully saturated rings. The first-order valence-corrected chi connectivity index (χ1v) is 12.3. The highest BCUT2D eigenvalue weighted by Crippen LogP contribution is 2.28. The van der Waals surface area contributed by atoms with Gasteiger partial charge in [0.25, 0.3) is 0 Å². The van der Waals surface area contributed by atoms with Gasteiger partial charge in [0.1, 0.15) is 18.1 Å². The molecule has 5 heteroatoms. The molecule has 0 spiro atoms. The number of carbonyl (C=O) groups excluding carboxylic acids is 1. The zero-order valence-electron chi connectivity index (χ0n) is 20.2. The van der Waals surface area contributed by atoms with Gasteiger partial charge in [-0.25, -0.2) is 0 Å². The molecule has 0 saturated heterocycles. The van der Waals surface area contributed by atoms with Crippen molar-refractivity contribution in [3.63, 3.8) is 0 Å². The second kappa shape index (κ2) is 11.2. The molecule has 0 unspecified atom stereocenters. The molecule has 5 nitrogen and oxygen atoms in total. The largest absolute Gasteiger partial charge is 0.511 e. The van der Waals surface area contributed by atoms with Crippen molar-refractivity contribution < 1.29 is 14.6 Å². The highest BCUT2D eigenvalue weighted by Gasteiger charge is 2.25. The van der Waals surface area contributed by atoms with Crippen molar-refractivity contribution in [2.45, 2.75) is 65.4 Å². The van der Waals surface area contributed by atoms with E-state index in [9.17, 15) is 9.90 Å². The fourth-order valence-electron chi connectivity index (χ4n) is 4.60. The van der Waals surface area contributed by atoms with E-state index in [-0.39, 0.29) is 11.5 Å². The van der Waals surface area contributed by atoms with Crippen molar-refractivity contribution in [1.29, 1.82) is 0 Å². The summed E-state index contributed by atoms with van der Waals surface area (Å²) in [6.07, 6.45) is 5.21. The van der Waals surface area contributed by atoms with Crippen molar-refractivity contribution in [2.24, 2.45) is 4.99 Å². The molecule has 3 aromatic rings. The minimum absolute atomic E-state index is 0.0297. The number of rotatable bonds is 9. The number of aliphatic hydroxyl groups excluding tert-OH is 1. The van der Waals surface area contributed by atoms with E-state index in [4.69, 9.17) is 9.73 Å². The average Bonchev–Trinajstić information content (AvgIpc) is 3.16. The van der Waals surface area contributed by atoms with E-state index in [2.05, 4.69) is 43.1 Å². The molecule has 34 heavy (non-hydrogen) atoms. The van der Waals surface area contributed by atoms with Gasteiger partial charge in [-0.15, -0.1) is 0 Å². The van der Waals surface area contributed by atoms with Gasteiger partial charge in [-0.1, -0.05) is 43.7 Å². The van der Waals surface area contributed by atoms with Crippen molar-refractivity contribution >= 4 is 22.4 Å². The highest BCUT2D eigenvalue weighted by molar-refractivity contribution is 6.24. The van der Waals surface area contributed by atoms with Crippen LogP contribution in [0.5, 0.6) is 5.75 Å². The quantitative estimate of drug-likeness (QED) is 0.274. The fourth-order valence-corrected chi connectivity index (χ4v) is 4.60. The van der Waals surface area contributed by atoms with Crippen LogP contribution in [0.4, 0.5) is 0 Å². The molecule has 0 aliphatic heterocycles. The number of benzene rings is 2. The molecule has 178 valence electrons. The molecule has 1 aliphatic rings. The number of aryl methyl sites for hydroxylation is 1. The Bertz CT molecular complexity index is 1200. The molecule has 1 heterocycles. The average molecular weight is 459 g/mol. The minimum atomic E-state index is 0.0297. The van der Waals surface area contributed by atoms with E-state index >= 15 is 0 Å². The van der Waals surface area contributed by atoms with Crippen molar-refractivity contribution in [3.8, 4) is 5.75 Å². The Hall–Kier alpha value is -3.34. The van der Waals surface area contributed by atoms with E-state index in [0.717, 1.165) is 65.7 Å². The number of ether oxygens (including phenoxy) is 1. The van der Waals surface area contributed by atoms with Crippen LogP contribution < -0.4 is 4.74 Å². The van der Waals surface area contributed by atoms with Crippen LogP contribution in [-0.2, 0) is 17.8 Å². The number of aromatic nitrogens is 1. The van der Waals surface area contributed by atoms with Gasteiger partial charge in [-0.05, 0) is 61.9 Å². The summed E-state index contributed by atoms with van der Waals surface area (Å²) in [5.41, 5.74) is 5.81. The maximum absolute atomic E-state index is 12.5. The van der Waals surface area contributed by atoms with Crippen LogP contribution in [0.25, 0.3) is 10.9 Å². The van der Waals surface area contributed by atoms with Crippen LogP contribution in [0.1, 0.15) is 62.3 Å². The molecule has 0 radical (unpaired) electrons. The van der Waals surface area contributed by atoms with E-state index in [1.807, 2.05) is 24.3 Å². The molecule has 0 atom stereocenters. The Morgan fingerprint density at radius 3 is 2.76 bits per heavy atom. The van der Waals surface area contributed by atoms with E-state index in [1.54, 1.807) is 0 Å². The van der Waals surface area contributed by atoms with Gasteiger partial charge in [0.05, 0.1) is 5.57 Å². The summed E-state index contributed by atoms with van der Waals surface area (Å²) in [6.45, 7) is 5.27. The number of fused-ring (bicyclic) bond motifs is 1. The van der Waals surface area contributed by atoms with Gasteiger partial charge in [0.2, 0.25) is 0 Å². The number of unbranched alkanes of at least 4 members (excludes halogenated alkanes) is 1. The van der Waals surface area contributed by atoms with Crippen LogP contribution in [0.3, 0.4) is 0 Å². The Morgan fingerprint density at radius 2 is 1.97 bits per heavy atom. The summed E-state index contributed by atoms with van der Waals surface area (Å²) in [6, 6.07) is 16.3. The first-order chi connectivity index (χ1) is 16.6. The number of H-pyrrole nitrogens is 1. The topological polar surface area (TPSA) is 74.7 Å². The molecule has 0 bridgehead atoms. The number of carbonyl (C=O) groups is 1. The zero-order chi connectivity index (χ0) is 23.9. The third-order valence-electron chi connectivity index (χ3n) is 6.44. The summed E-state index contributed by atoms with van der Waals surface area (Å²) < 4.78 is 6.04. The Labute approximate surface area is 201 Å². The molecular weight excluding hydrogens is 424 g/mol. The summed E-state index contributed by atoms with van der Waals surface area (Å²) in [7, 11) is 0. The number of hydrogen-bond donors (Lipinski definition) is 2. The second-order valence-electron chi connectivity index (χ2n) is 8.99. The van der Waals surface area contributed by atoms with Gasteiger partial charge in [0, 0.05) is 41.7 Å². The van der Waals surface area contributed by atoms with Gasteiger partial charge in [-0.3, -0.25) is 9.79 Å². The third-order valence-corrected chi connectivity index (χ3v) is 6.44. The number of aliphatic imine (C=N–C) groups is 1. The number of aromatic amines is 1. The Balaban J connectivity index is 1.50. The number of Topliss-reactive ketones (excluding diaryl/α,β-unsaturated/α-hetero) is 1. The lowest BCUT2D eigenvalue weighted by Gasteiger charge is -2.18. The maximum atomic E-state index is 12.5. The van der Waals surface area contributed by atoms with Gasteiger partial charge in [-0.2, -0.15) is 0 Å². The lowest BCUT2D eigenvalue weighted by molar-refractivity contribution is -0.115. The molecule has 4 rings (SSSR count). The number of ketones is 1. The third kappa shape index (κ3) is 5.58. The van der Waals surface area contributed by atoms with Gasteiger partial charge < -0.3 is 14.8 Å². The van der Waals surface area contributed by atoms with Crippen molar-refractivity contribution in [1.82, 2.24) is 4.98 Å². The SMILES string of the molecule is CCCC/C(O)=C1\C(=O)CCCC1=NCCc1c(C)[nH]c2ccc(OCc3ccccc3)cc12. The Morgan fingerprint density at radius 1 is 1.15 bits per heavy atom. The number of nitrogens with one attached hydrogen (secondary N) is 1. The smallest absolute Gasteiger partial charge is 0.168 e. The summed E-state index contributed by atoms with van der Waals surface area (Å²) >= 11 is 0. The van der Waals surface area contributed by atoms with Gasteiger partial charge in [0.15, 0.2) is 5.78 Å². The van der Waals surface area contributed by atoms with Crippen LogP contribution in [0.2, 0.25) is 0 Å². The lowest BCUT2D eigenvalue weighted by Crippen LogP contribution is -2.22. The van der Waals surface area contributed by atoms with Crippen LogP contribution in [0.15, 0.2) is 64.9 Å². The summed E-state index contributed by atoms with van der Waals surface area (Å²) in [4.78, 5) is 20.8. The predicted octanol–water partition coefficient (Wildman–Crippen LogP) is 6.79. The minimum Gasteiger partial charge on any atom is -0.511 e. The van der Waals surface area contributed by atoms with Crippen molar-refractivity contribution in [2.75, 3.05) is 6.54 Å². The van der Waals surface area contributed by atoms with Crippen LogP contribution >= 0.6 is 0 Å². The van der Waals surface area contributed by atoms with E-state index < -0.39 is 0 Å². The van der Waals surface area contributed by atoms with Gasteiger partial charge >= 0.3 is 0 Å². The second-order valence-corrected chi connectivity index (χ2v) is 8.99. The molecule has 1 saturated carbocycles. The number of allylic oxidation sites excluding steroid dienone is 2. The first-order valence-electron chi connectivity index (χ1n) is 12.3. The maximum Gasteiger partial charge on any atom is 0.168 e. The van der Waals surface area contributed by atoms with Crippen LogP contribution in [0, 0.1) is 6.92 Å². The van der Waals surface area contributed by atoms with Crippen LogP contribution in [-0.4, -0.2) is 28.1 Å². The molecule has 2 aromatic carbocycles.